The van der Waals surface area contributed by atoms with Crippen molar-refractivity contribution in [3.63, 3.8) is 0 Å². The van der Waals surface area contributed by atoms with Crippen molar-refractivity contribution >= 4 is 54.7 Å². The fourth-order valence-electron chi connectivity index (χ4n) is 6.92. The highest BCUT2D eigenvalue weighted by atomic mass is 16.1. The van der Waals surface area contributed by atoms with Gasteiger partial charge in [-0.25, -0.2) is 0 Å². The van der Waals surface area contributed by atoms with Crippen LogP contribution in [0.5, 0.6) is 0 Å². The van der Waals surface area contributed by atoms with Crippen molar-refractivity contribution < 1.29 is 9.59 Å². The third-order valence-electron chi connectivity index (χ3n) is 9.13. The van der Waals surface area contributed by atoms with Crippen molar-refractivity contribution in [2.45, 2.75) is 0 Å². The number of hydrogen-bond donors (Lipinski definition) is 0. The van der Waals surface area contributed by atoms with E-state index >= 15 is 0 Å². The van der Waals surface area contributed by atoms with E-state index in [-0.39, 0.29) is 11.6 Å². The number of carbonyl (C=O) groups excluding carboxylic acids is 2. The second-order valence-electron chi connectivity index (χ2n) is 11.6. The number of benzene rings is 8. The summed E-state index contributed by atoms with van der Waals surface area (Å²) in [6.45, 7) is 0. The van der Waals surface area contributed by atoms with E-state index in [4.69, 9.17) is 0 Å². The van der Waals surface area contributed by atoms with Crippen LogP contribution in [0.4, 0.5) is 0 Å². The molecule has 204 valence electrons. The molecule has 0 fully saturated rings. The molecule has 2 nitrogen and oxygen atoms in total. The van der Waals surface area contributed by atoms with E-state index in [2.05, 4.69) is 84.9 Å². The molecule has 0 spiro atoms. The van der Waals surface area contributed by atoms with Gasteiger partial charge in [-0.3, -0.25) is 9.59 Å². The molecular weight excluding hydrogens is 536 g/mol. The van der Waals surface area contributed by atoms with Crippen molar-refractivity contribution in [1.82, 2.24) is 0 Å². The zero-order chi connectivity index (χ0) is 29.4. The molecule has 0 atom stereocenters. The molecule has 8 aromatic rings. The van der Waals surface area contributed by atoms with Crippen molar-refractivity contribution in [1.29, 1.82) is 0 Å². The van der Waals surface area contributed by atoms with E-state index in [0.29, 0.717) is 22.3 Å². The molecule has 0 bridgehead atoms. The van der Waals surface area contributed by atoms with Crippen LogP contribution in [0.15, 0.2) is 146 Å². The van der Waals surface area contributed by atoms with E-state index < -0.39 is 0 Å². The number of carbonyl (C=O) groups is 2. The number of hydrogen-bond acceptors (Lipinski definition) is 2. The molecule has 2 heteroatoms. The lowest BCUT2D eigenvalue weighted by atomic mass is 9.81. The van der Waals surface area contributed by atoms with Gasteiger partial charge in [0.05, 0.1) is 0 Å². The molecule has 0 N–H and O–H groups in total. The van der Waals surface area contributed by atoms with Gasteiger partial charge in [0.25, 0.3) is 0 Å². The summed E-state index contributed by atoms with van der Waals surface area (Å²) < 4.78 is 0. The predicted octanol–water partition coefficient (Wildman–Crippen LogP) is 10.4. The Labute approximate surface area is 253 Å². The van der Waals surface area contributed by atoms with Gasteiger partial charge in [-0.2, -0.15) is 0 Å². The van der Waals surface area contributed by atoms with Gasteiger partial charge in [0, 0.05) is 22.3 Å². The topological polar surface area (TPSA) is 34.1 Å². The SMILES string of the molecule is O=C1c2ccc(-c3cccc4cc5ccccc5cc34)cc2C(=O)c2ccc(-c3cccc4cc5ccccc5cc34)cc21. The average molecular weight is 561 g/mol. The maximum Gasteiger partial charge on any atom is 0.194 e. The maximum atomic E-state index is 13.9. The Morgan fingerprint density at radius 3 is 1.09 bits per heavy atom. The quantitative estimate of drug-likeness (QED) is 0.197. The molecule has 0 aromatic heterocycles. The Kier molecular flexibility index (Phi) is 5.24. The highest BCUT2D eigenvalue weighted by Gasteiger charge is 2.30. The molecule has 9 rings (SSSR count). The first kappa shape index (κ1) is 24.7. The Morgan fingerprint density at radius 2 is 0.659 bits per heavy atom. The summed E-state index contributed by atoms with van der Waals surface area (Å²) in [4.78, 5) is 27.9. The van der Waals surface area contributed by atoms with E-state index in [1.807, 2.05) is 60.7 Å². The van der Waals surface area contributed by atoms with E-state index in [1.54, 1.807) is 0 Å². The largest absolute Gasteiger partial charge is 0.289 e. The molecule has 1 aliphatic carbocycles. The van der Waals surface area contributed by atoms with Crippen LogP contribution >= 0.6 is 0 Å². The first-order chi connectivity index (χ1) is 21.6. The average Bonchev–Trinajstić information content (AvgIpc) is 3.07. The normalized spacial score (nSPS) is 12.6. The molecule has 8 aromatic carbocycles. The lowest BCUT2D eigenvalue weighted by Gasteiger charge is -2.20. The third kappa shape index (κ3) is 3.68. The summed E-state index contributed by atoms with van der Waals surface area (Å²) in [7, 11) is 0. The molecule has 0 saturated carbocycles. The van der Waals surface area contributed by atoms with Crippen LogP contribution in [0.3, 0.4) is 0 Å². The molecule has 0 saturated heterocycles. The van der Waals surface area contributed by atoms with E-state index in [1.165, 1.54) is 21.5 Å². The van der Waals surface area contributed by atoms with E-state index in [9.17, 15) is 9.59 Å². The summed E-state index contributed by atoms with van der Waals surface area (Å²) >= 11 is 0. The van der Waals surface area contributed by atoms with Crippen LogP contribution in [0.2, 0.25) is 0 Å². The van der Waals surface area contributed by atoms with Crippen LogP contribution in [-0.4, -0.2) is 11.6 Å². The highest BCUT2D eigenvalue weighted by molar-refractivity contribution is 6.29. The van der Waals surface area contributed by atoms with E-state index in [0.717, 1.165) is 43.8 Å². The van der Waals surface area contributed by atoms with Gasteiger partial charge in [0.1, 0.15) is 0 Å². The van der Waals surface area contributed by atoms with Gasteiger partial charge in [-0.1, -0.05) is 97.1 Å². The Morgan fingerprint density at radius 1 is 0.273 bits per heavy atom. The Bertz CT molecular complexity index is 2360. The number of fused-ring (bicyclic) bond motifs is 6. The van der Waals surface area contributed by atoms with Crippen LogP contribution in [0.1, 0.15) is 31.8 Å². The van der Waals surface area contributed by atoms with Crippen molar-refractivity contribution in [2.75, 3.05) is 0 Å². The van der Waals surface area contributed by atoms with Gasteiger partial charge in [0.15, 0.2) is 11.6 Å². The molecule has 0 amide bonds. The fraction of sp³-hybridized carbons (Fsp3) is 0. The van der Waals surface area contributed by atoms with Crippen LogP contribution < -0.4 is 0 Å². The monoisotopic (exact) mass is 560 g/mol. The molecule has 0 heterocycles. The molecule has 44 heavy (non-hydrogen) atoms. The van der Waals surface area contributed by atoms with Gasteiger partial charge in [-0.05, 0) is 114 Å². The fourth-order valence-corrected chi connectivity index (χ4v) is 6.92. The van der Waals surface area contributed by atoms with Gasteiger partial charge >= 0.3 is 0 Å². The lowest BCUT2D eigenvalue weighted by molar-refractivity contribution is 0.0979. The minimum absolute atomic E-state index is 0.113. The second-order valence-corrected chi connectivity index (χ2v) is 11.6. The molecule has 0 unspecified atom stereocenters. The summed E-state index contributed by atoms with van der Waals surface area (Å²) in [6, 6.07) is 49.4. The molecular formula is C42H24O2. The maximum absolute atomic E-state index is 13.9. The van der Waals surface area contributed by atoms with Crippen molar-refractivity contribution in [3.8, 4) is 22.3 Å². The highest BCUT2D eigenvalue weighted by Crippen LogP contribution is 2.38. The minimum atomic E-state index is -0.113. The minimum Gasteiger partial charge on any atom is -0.289 e. The summed E-state index contributed by atoms with van der Waals surface area (Å²) in [6.07, 6.45) is 0. The van der Waals surface area contributed by atoms with Crippen molar-refractivity contribution in [3.05, 3.63) is 168 Å². The summed E-state index contributed by atoms with van der Waals surface area (Å²) in [5.41, 5.74) is 5.77. The predicted molar refractivity (Wildman–Crippen MR) is 181 cm³/mol. The molecule has 0 aliphatic heterocycles. The molecule has 1 aliphatic rings. The Hall–Kier alpha value is -5.86. The van der Waals surface area contributed by atoms with Gasteiger partial charge in [-0.15, -0.1) is 0 Å². The zero-order valence-electron chi connectivity index (χ0n) is 23.7. The van der Waals surface area contributed by atoms with Crippen molar-refractivity contribution in [2.24, 2.45) is 0 Å². The summed E-state index contributed by atoms with van der Waals surface area (Å²) in [5.74, 6) is -0.227. The smallest absolute Gasteiger partial charge is 0.194 e. The van der Waals surface area contributed by atoms with Gasteiger partial charge < -0.3 is 0 Å². The standard InChI is InChI=1S/C42H24O2/c43-41-36-18-16-32(34-14-6-12-30-20-26-8-2-4-10-28(26)22-38(30)34)24-40(36)42(44)35-17-15-31(23-39(35)41)33-13-5-11-29-19-25-7-1-3-9-27(25)21-37(29)33/h1-24H. The van der Waals surface area contributed by atoms with Gasteiger partial charge in [0.2, 0.25) is 0 Å². The lowest BCUT2D eigenvalue weighted by Crippen LogP contribution is -2.21. The second kappa shape index (κ2) is 9.32. The first-order valence-corrected chi connectivity index (χ1v) is 14.8. The molecule has 0 radical (unpaired) electrons. The number of rotatable bonds is 2. The zero-order valence-corrected chi connectivity index (χ0v) is 23.7. The summed E-state index contributed by atoms with van der Waals surface area (Å²) in [5, 5.41) is 9.23. The first-order valence-electron chi connectivity index (χ1n) is 14.8. The van der Waals surface area contributed by atoms with Crippen LogP contribution in [-0.2, 0) is 0 Å². The number of ketones is 2. The van der Waals surface area contributed by atoms with Crippen LogP contribution in [0.25, 0.3) is 65.3 Å². The Balaban J connectivity index is 1.15. The van der Waals surface area contributed by atoms with Crippen LogP contribution in [0, 0.1) is 0 Å². The third-order valence-corrected chi connectivity index (χ3v) is 9.13.